The van der Waals surface area contributed by atoms with E-state index in [0.29, 0.717) is 16.1 Å². The first-order valence-electron chi connectivity index (χ1n) is 10.6. The second-order valence-corrected chi connectivity index (χ2v) is 8.47. The van der Waals surface area contributed by atoms with E-state index in [9.17, 15) is 9.59 Å². The zero-order chi connectivity index (χ0) is 22.8. The Bertz CT molecular complexity index is 1300. The van der Waals surface area contributed by atoms with E-state index in [4.69, 9.17) is 9.15 Å². The molecule has 0 bridgehead atoms. The van der Waals surface area contributed by atoms with Crippen molar-refractivity contribution in [1.82, 2.24) is 0 Å². The van der Waals surface area contributed by atoms with Gasteiger partial charge in [0.15, 0.2) is 5.76 Å². The lowest BCUT2D eigenvalue weighted by Gasteiger charge is -2.08. The highest BCUT2D eigenvalue weighted by atomic mass is 32.1. The van der Waals surface area contributed by atoms with E-state index in [1.807, 2.05) is 54.8 Å². The van der Waals surface area contributed by atoms with Gasteiger partial charge in [0.1, 0.15) is 16.1 Å². The lowest BCUT2D eigenvalue weighted by atomic mass is 10.0. The number of carbonyl (C=O) groups excluding carboxylic acids is 2. The van der Waals surface area contributed by atoms with Gasteiger partial charge >= 0.3 is 5.97 Å². The topological polar surface area (TPSA) is 68.5 Å². The molecule has 1 amide bonds. The number of fused-ring (bicyclic) bond motifs is 1. The maximum absolute atomic E-state index is 13.1. The number of aryl methyl sites for hydroxylation is 3. The van der Waals surface area contributed by atoms with Gasteiger partial charge in [0.25, 0.3) is 5.91 Å². The van der Waals surface area contributed by atoms with Crippen molar-refractivity contribution in [2.24, 2.45) is 0 Å². The Morgan fingerprint density at radius 3 is 2.38 bits per heavy atom. The van der Waals surface area contributed by atoms with Gasteiger partial charge in [0.2, 0.25) is 0 Å². The number of hydrogen-bond acceptors (Lipinski definition) is 5. The smallest absolute Gasteiger partial charge is 0.341 e. The largest absolute Gasteiger partial charge is 0.465 e. The molecule has 5 nitrogen and oxygen atoms in total. The number of esters is 1. The van der Waals surface area contributed by atoms with Crippen LogP contribution in [0.5, 0.6) is 0 Å². The molecule has 32 heavy (non-hydrogen) atoms. The molecule has 0 saturated heterocycles. The van der Waals surface area contributed by atoms with Gasteiger partial charge in [0, 0.05) is 21.9 Å². The summed E-state index contributed by atoms with van der Waals surface area (Å²) in [7, 11) is 1.34. The molecular weight excluding hydrogens is 422 g/mol. The summed E-state index contributed by atoms with van der Waals surface area (Å²) in [5.41, 5.74) is 5.81. The van der Waals surface area contributed by atoms with Gasteiger partial charge in [-0.05, 0) is 48.6 Å². The molecule has 4 aromatic rings. The van der Waals surface area contributed by atoms with Gasteiger partial charge in [-0.1, -0.05) is 44.2 Å². The predicted molar refractivity (Wildman–Crippen MR) is 129 cm³/mol. The normalized spacial score (nSPS) is 11.0. The lowest BCUT2D eigenvalue weighted by Crippen LogP contribution is -2.14. The fourth-order valence-electron chi connectivity index (χ4n) is 3.75. The highest BCUT2D eigenvalue weighted by Crippen LogP contribution is 2.37. The van der Waals surface area contributed by atoms with Gasteiger partial charge in [-0.3, -0.25) is 4.79 Å². The minimum atomic E-state index is -0.495. The van der Waals surface area contributed by atoms with Crippen molar-refractivity contribution >= 4 is 39.2 Å². The van der Waals surface area contributed by atoms with E-state index in [-0.39, 0.29) is 5.76 Å². The van der Waals surface area contributed by atoms with Crippen LogP contribution in [-0.4, -0.2) is 19.0 Å². The Morgan fingerprint density at radius 2 is 1.72 bits per heavy atom. The van der Waals surface area contributed by atoms with Crippen LogP contribution < -0.4 is 5.32 Å². The van der Waals surface area contributed by atoms with Crippen LogP contribution in [-0.2, 0) is 17.6 Å². The van der Waals surface area contributed by atoms with Crippen molar-refractivity contribution < 1.29 is 18.7 Å². The van der Waals surface area contributed by atoms with E-state index in [0.717, 1.165) is 34.9 Å². The highest BCUT2D eigenvalue weighted by molar-refractivity contribution is 7.15. The Balaban J connectivity index is 1.70. The molecule has 2 aromatic carbocycles. The van der Waals surface area contributed by atoms with Crippen molar-refractivity contribution in [3.8, 4) is 11.1 Å². The molecule has 2 aromatic heterocycles. The van der Waals surface area contributed by atoms with Crippen LogP contribution in [0.15, 0.2) is 52.3 Å². The molecule has 164 valence electrons. The quantitative estimate of drug-likeness (QED) is 0.337. The van der Waals surface area contributed by atoms with Crippen LogP contribution in [0.4, 0.5) is 5.00 Å². The average molecular weight is 448 g/mol. The van der Waals surface area contributed by atoms with Crippen LogP contribution in [0.3, 0.4) is 0 Å². The van der Waals surface area contributed by atoms with Crippen LogP contribution in [0.2, 0.25) is 0 Å². The number of amides is 1. The summed E-state index contributed by atoms with van der Waals surface area (Å²) in [5.74, 6) is -0.645. The van der Waals surface area contributed by atoms with Crippen molar-refractivity contribution in [2.45, 2.75) is 33.6 Å². The van der Waals surface area contributed by atoms with Gasteiger partial charge < -0.3 is 14.5 Å². The maximum Gasteiger partial charge on any atom is 0.341 e. The molecule has 1 N–H and O–H groups in total. The van der Waals surface area contributed by atoms with Crippen molar-refractivity contribution in [1.29, 1.82) is 0 Å². The zero-order valence-corrected chi connectivity index (χ0v) is 19.4. The molecule has 4 rings (SSSR count). The zero-order valence-electron chi connectivity index (χ0n) is 18.6. The predicted octanol–water partition coefficient (Wildman–Crippen LogP) is 6.63. The average Bonchev–Trinajstić information content (AvgIpc) is 3.39. The Morgan fingerprint density at radius 1 is 1.03 bits per heavy atom. The Labute approximate surface area is 191 Å². The van der Waals surface area contributed by atoms with Crippen molar-refractivity contribution in [3.63, 3.8) is 0 Å². The van der Waals surface area contributed by atoms with E-state index < -0.39 is 11.9 Å². The molecule has 0 fully saturated rings. The summed E-state index contributed by atoms with van der Waals surface area (Å²) in [4.78, 5) is 25.7. The molecule has 0 aliphatic heterocycles. The summed E-state index contributed by atoms with van der Waals surface area (Å²) in [6, 6.07) is 14.0. The van der Waals surface area contributed by atoms with Crippen molar-refractivity contribution in [2.75, 3.05) is 12.4 Å². The third-order valence-electron chi connectivity index (χ3n) is 5.70. The van der Waals surface area contributed by atoms with Crippen LogP contribution >= 0.6 is 11.3 Å². The number of ether oxygens (including phenoxy) is 1. The summed E-state index contributed by atoms with van der Waals surface area (Å²) in [5, 5.41) is 6.09. The standard InChI is InChI=1S/C26H25NO4S/c1-5-16-7-10-18(11-8-16)20-14-32-25(22(20)26(29)30-4)27-24(28)23-15(3)19-13-17(6-2)9-12-21(19)31-23/h7-14H,5-6H2,1-4H3,(H,27,28). The second-order valence-electron chi connectivity index (χ2n) is 7.59. The van der Waals surface area contributed by atoms with Gasteiger partial charge in [0.05, 0.1) is 7.11 Å². The first-order valence-corrected chi connectivity index (χ1v) is 11.5. The molecule has 0 unspecified atom stereocenters. The third kappa shape index (κ3) is 3.94. The molecule has 0 saturated carbocycles. The number of carbonyl (C=O) groups is 2. The monoisotopic (exact) mass is 447 g/mol. The van der Waals surface area contributed by atoms with Gasteiger partial charge in [-0.2, -0.15) is 0 Å². The van der Waals surface area contributed by atoms with E-state index in [1.165, 1.54) is 29.6 Å². The summed E-state index contributed by atoms with van der Waals surface area (Å²) >= 11 is 1.29. The lowest BCUT2D eigenvalue weighted by molar-refractivity contribution is 0.0603. The molecule has 2 heterocycles. The number of rotatable bonds is 6. The number of anilines is 1. The van der Waals surface area contributed by atoms with E-state index in [1.54, 1.807) is 0 Å². The van der Waals surface area contributed by atoms with Crippen LogP contribution in [0.25, 0.3) is 22.1 Å². The van der Waals surface area contributed by atoms with Gasteiger partial charge in [-0.15, -0.1) is 11.3 Å². The highest BCUT2D eigenvalue weighted by Gasteiger charge is 2.25. The van der Waals surface area contributed by atoms with Gasteiger partial charge in [-0.25, -0.2) is 4.79 Å². The first kappa shape index (κ1) is 21.8. The molecule has 6 heteroatoms. The summed E-state index contributed by atoms with van der Waals surface area (Å²) in [6.07, 6.45) is 1.84. The fraction of sp³-hybridized carbons (Fsp3) is 0.231. The minimum absolute atomic E-state index is 0.242. The van der Waals surface area contributed by atoms with Crippen molar-refractivity contribution in [3.05, 3.63) is 75.9 Å². The van der Waals surface area contributed by atoms with E-state index >= 15 is 0 Å². The molecule has 0 radical (unpaired) electrons. The van der Waals surface area contributed by atoms with E-state index in [2.05, 4.69) is 19.2 Å². The van der Waals surface area contributed by atoms with Crippen LogP contribution in [0.1, 0.15) is 51.5 Å². The Hall–Kier alpha value is -3.38. The number of methoxy groups -OCH3 is 1. The minimum Gasteiger partial charge on any atom is -0.465 e. The molecule has 0 spiro atoms. The SMILES string of the molecule is CCc1ccc(-c2csc(NC(=O)c3oc4ccc(CC)cc4c3C)c2C(=O)OC)cc1. The molecule has 0 aliphatic rings. The third-order valence-corrected chi connectivity index (χ3v) is 6.59. The van der Waals surface area contributed by atoms with Crippen LogP contribution in [0, 0.1) is 6.92 Å². The summed E-state index contributed by atoms with van der Waals surface area (Å²) in [6.45, 7) is 6.05. The number of hydrogen-bond donors (Lipinski definition) is 1. The summed E-state index contributed by atoms with van der Waals surface area (Å²) < 4.78 is 10.9. The number of thiophene rings is 1. The second kappa shape index (κ2) is 9.01. The number of furan rings is 1. The maximum atomic E-state index is 13.1. The number of benzene rings is 2. The molecule has 0 atom stereocenters. The molecule has 0 aliphatic carbocycles. The Kier molecular flexibility index (Phi) is 6.15. The fourth-order valence-corrected chi connectivity index (χ4v) is 4.70. The first-order chi connectivity index (χ1) is 15.5. The molecular formula is C26H25NO4S. The number of nitrogens with one attached hydrogen (secondary N) is 1.